The van der Waals surface area contributed by atoms with Crippen LogP contribution in [0.4, 0.5) is 0 Å². The number of benzene rings is 2. The van der Waals surface area contributed by atoms with Crippen molar-refractivity contribution in [3.63, 3.8) is 0 Å². The Hall–Kier alpha value is -2.49. The van der Waals surface area contributed by atoms with E-state index in [4.69, 9.17) is 9.47 Å². The summed E-state index contributed by atoms with van der Waals surface area (Å²) in [6.07, 6.45) is 0.846. The lowest BCUT2D eigenvalue weighted by atomic mass is 10.1. The number of ether oxygens (including phenoxy) is 2. The average molecular weight is 255 g/mol. The van der Waals surface area contributed by atoms with Gasteiger partial charge in [-0.15, -0.1) is 0 Å². The van der Waals surface area contributed by atoms with Crippen molar-refractivity contribution < 1.29 is 14.3 Å². The Morgan fingerprint density at radius 3 is 2.32 bits per heavy atom. The second-order valence-electron chi connectivity index (χ2n) is 4.30. The van der Waals surface area contributed by atoms with E-state index in [2.05, 4.69) is 4.98 Å². The first kappa shape index (κ1) is 11.6. The predicted octanol–water partition coefficient (Wildman–Crippen LogP) is 3.15. The van der Waals surface area contributed by atoms with Gasteiger partial charge in [-0.2, -0.15) is 0 Å². The number of carbonyl (C=O) groups excluding carboxylic acids is 1. The van der Waals surface area contributed by atoms with Crippen molar-refractivity contribution in [2.24, 2.45) is 0 Å². The predicted molar refractivity (Wildman–Crippen MR) is 74.3 cm³/mol. The molecule has 2 aromatic carbocycles. The maximum atomic E-state index is 10.9. The van der Waals surface area contributed by atoms with E-state index in [9.17, 15) is 4.79 Å². The number of hydrogen-bond donors (Lipinski definition) is 1. The summed E-state index contributed by atoms with van der Waals surface area (Å²) in [4.78, 5) is 14.2. The topological polar surface area (TPSA) is 51.3 Å². The van der Waals surface area contributed by atoms with E-state index in [1.165, 1.54) is 0 Å². The lowest BCUT2D eigenvalue weighted by Gasteiger charge is -2.07. The molecule has 0 radical (unpaired) electrons. The van der Waals surface area contributed by atoms with Crippen molar-refractivity contribution in [2.75, 3.05) is 14.2 Å². The molecule has 0 aliphatic carbocycles. The van der Waals surface area contributed by atoms with Gasteiger partial charge < -0.3 is 14.5 Å². The van der Waals surface area contributed by atoms with Crippen molar-refractivity contribution in [3.8, 4) is 11.5 Å². The molecule has 3 aromatic rings. The molecule has 0 aliphatic rings. The number of fused-ring (bicyclic) bond motifs is 3. The van der Waals surface area contributed by atoms with Crippen molar-refractivity contribution >= 4 is 28.1 Å². The minimum absolute atomic E-state index is 0.656. The van der Waals surface area contributed by atoms with Crippen LogP contribution in [-0.4, -0.2) is 25.5 Å². The maximum Gasteiger partial charge on any atom is 0.162 e. The number of aromatic nitrogens is 1. The smallest absolute Gasteiger partial charge is 0.162 e. The fourth-order valence-corrected chi connectivity index (χ4v) is 2.32. The van der Waals surface area contributed by atoms with Gasteiger partial charge in [0.15, 0.2) is 11.5 Å². The molecular weight excluding hydrogens is 242 g/mol. The molecule has 0 atom stereocenters. The van der Waals surface area contributed by atoms with Crippen molar-refractivity contribution in [3.05, 3.63) is 35.9 Å². The third-order valence-electron chi connectivity index (χ3n) is 3.26. The summed E-state index contributed by atoms with van der Waals surface area (Å²) in [6.45, 7) is 0. The molecule has 0 saturated heterocycles. The molecule has 0 amide bonds. The Labute approximate surface area is 109 Å². The van der Waals surface area contributed by atoms with Crippen LogP contribution >= 0.6 is 0 Å². The first-order chi connectivity index (χ1) is 9.26. The number of methoxy groups -OCH3 is 2. The van der Waals surface area contributed by atoms with Crippen LogP contribution in [0.15, 0.2) is 30.3 Å². The zero-order valence-electron chi connectivity index (χ0n) is 10.7. The molecule has 4 nitrogen and oxygen atoms in total. The molecule has 0 saturated carbocycles. The van der Waals surface area contributed by atoms with Crippen molar-refractivity contribution in [1.29, 1.82) is 0 Å². The van der Waals surface area contributed by atoms with E-state index in [-0.39, 0.29) is 0 Å². The molecule has 0 aliphatic heterocycles. The molecule has 3 rings (SSSR count). The fourth-order valence-electron chi connectivity index (χ4n) is 2.32. The normalized spacial score (nSPS) is 10.8. The average Bonchev–Trinajstić information content (AvgIpc) is 2.82. The van der Waals surface area contributed by atoms with Gasteiger partial charge in [0.2, 0.25) is 0 Å². The molecule has 0 bridgehead atoms. The van der Waals surface area contributed by atoms with E-state index in [1.807, 2.05) is 24.3 Å². The van der Waals surface area contributed by atoms with E-state index in [0.29, 0.717) is 17.1 Å². The number of aldehydes is 1. The lowest BCUT2D eigenvalue weighted by molar-refractivity contribution is 0.112. The Morgan fingerprint density at radius 1 is 0.947 bits per heavy atom. The van der Waals surface area contributed by atoms with Crippen LogP contribution in [0.3, 0.4) is 0 Å². The number of carbonyl (C=O) groups is 1. The quantitative estimate of drug-likeness (QED) is 0.731. The first-order valence-electron chi connectivity index (χ1n) is 5.89. The molecule has 0 unspecified atom stereocenters. The minimum atomic E-state index is 0.656. The van der Waals surface area contributed by atoms with Crippen LogP contribution in [0.5, 0.6) is 11.5 Å². The number of rotatable bonds is 3. The van der Waals surface area contributed by atoms with Gasteiger partial charge in [0.05, 0.1) is 19.7 Å². The van der Waals surface area contributed by atoms with Crippen LogP contribution in [0, 0.1) is 0 Å². The Balaban J connectivity index is 2.39. The lowest BCUT2D eigenvalue weighted by Crippen LogP contribution is -1.89. The molecule has 1 heterocycles. The molecule has 4 heteroatoms. The van der Waals surface area contributed by atoms with Crippen LogP contribution in [0.2, 0.25) is 0 Å². The highest BCUT2D eigenvalue weighted by Crippen LogP contribution is 2.35. The summed E-state index contributed by atoms with van der Waals surface area (Å²) in [5, 5.41) is 2.01. The second kappa shape index (κ2) is 4.31. The highest BCUT2D eigenvalue weighted by molar-refractivity contribution is 6.09. The molecule has 0 spiro atoms. The minimum Gasteiger partial charge on any atom is -0.493 e. The first-order valence-corrected chi connectivity index (χ1v) is 5.89. The van der Waals surface area contributed by atoms with Gasteiger partial charge in [0.25, 0.3) is 0 Å². The van der Waals surface area contributed by atoms with Gasteiger partial charge in [-0.05, 0) is 24.3 Å². The van der Waals surface area contributed by atoms with Gasteiger partial charge >= 0.3 is 0 Å². The maximum absolute atomic E-state index is 10.9. The number of H-pyrrole nitrogens is 1. The summed E-state index contributed by atoms with van der Waals surface area (Å²) in [5.74, 6) is 1.35. The summed E-state index contributed by atoms with van der Waals surface area (Å²) in [5.41, 5.74) is 2.59. The fraction of sp³-hybridized carbons (Fsp3) is 0.133. The SMILES string of the molecule is COc1cc2[nH]c3ccc(C=O)cc3c2cc1OC. The summed E-state index contributed by atoms with van der Waals surface area (Å²) in [7, 11) is 3.21. The Bertz CT molecular complexity index is 774. The molecule has 1 N–H and O–H groups in total. The van der Waals surface area contributed by atoms with Gasteiger partial charge in [0.1, 0.15) is 6.29 Å². The molecule has 1 aromatic heterocycles. The highest BCUT2D eigenvalue weighted by atomic mass is 16.5. The van der Waals surface area contributed by atoms with Crippen LogP contribution in [0.1, 0.15) is 10.4 Å². The van der Waals surface area contributed by atoms with Gasteiger partial charge in [-0.3, -0.25) is 4.79 Å². The van der Waals surface area contributed by atoms with E-state index in [1.54, 1.807) is 20.3 Å². The van der Waals surface area contributed by atoms with Gasteiger partial charge in [-0.1, -0.05) is 0 Å². The molecular formula is C15H13NO3. The molecule has 0 fully saturated rings. The zero-order valence-corrected chi connectivity index (χ0v) is 10.7. The molecule has 96 valence electrons. The van der Waals surface area contributed by atoms with E-state index in [0.717, 1.165) is 28.1 Å². The standard InChI is InChI=1S/C15H13NO3/c1-18-14-6-11-10-5-9(8-17)3-4-12(10)16-13(11)7-15(14)19-2/h3-8,16H,1-2H3. The van der Waals surface area contributed by atoms with Crippen LogP contribution in [-0.2, 0) is 0 Å². The number of nitrogens with one attached hydrogen (secondary N) is 1. The largest absolute Gasteiger partial charge is 0.493 e. The highest BCUT2D eigenvalue weighted by Gasteiger charge is 2.11. The third-order valence-corrected chi connectivity index (χ3v) is 3.26. The summed E-state index contributed by atoms with van der Waals surface area (Å²) in [6, 6.07) is 9.38. The second-order valence-corrected chi connectivity index (χ2v) is 4.30. The third kappa shape index (κ3) is 1.73. The van der Waals surface area contributed by atoms with Gasteiger partial charge in [-0.25, -0.2) is 0 Å². The van der Waals surface area contributed by atoms with E-state index >= 15 is 0 Å². The van der Waals surface area contributed by atoms with E-state index < -0.39 is 0 Å². The number of hydrogen-bond acceptors (Lipinski definition) is 3. The van der Waals surface area contributed by atoms with Crippen molar-refractivity contribution in [1.82, 2.24) is 4.98 Å². The van der Waals surface area contributed by atoms with Crippen LogP contribution < -0.4 is 9.47 Å². The Morgan fingerprint density at radius 2 is 1.63 bits per heavy atom. The number of aromatic amines is 1. The van der Waals surface area contributed by atoms with Crippen molar-refractivity contribution in [2.45, 2.75) is 0 Å². The Kier molecular flexibility index (Phi) is 2.63. The molecule has 19 heavy (non-hydrogen) atoms. The van der Waals surface area contributed by atoms with Crippen LogP contribution in [0.25, 0.3) is 21.8 Å². The summed E-state index contributed by atoms with van der Waals surface area (Å²) < 4.78 is 10.6. The summed E-state index contributed by atoms with van der Waals surface area (Å²) >= 11 is 0. The zero-order chi connectivity index (χ0) is 13.4. The van der Waals surface area contributed by atoms with Gasteiger partial charge in [0, 0.05) is 27.9 Å². The monoisotopic (exact) mass is 255 g/mol.